The second kappa shape index (κ2) is 7.92. The number of nitrogens with two attached hydrogens (primary N) is 1. The molecule has 2 aromatic carbocycles. The first-order chi connectivity index (χ1) is 15.5. The highest BCUT2D eigenvalue weighted by molar-refractivity contribution is 5.96. The Hall–Kier alpha value is -4.01. The smallest absolute Gasteiger partial charge is 0.297 e. The molecule has 0 unspecified atom stereocenters. The number of nitrogens with zero attached hydrogens (tertiary/aromatic N) is 5. The van der Waals surface area contributed by atoms with E-state index in [1.807, 2.05) is 24.3 Å². The average Bonchev–Trinajstić information content (AvgIpc) is 3.50. The van der Waals surface area contributed by atoms with Gasteiger partial charge in [0.15, 0.2) is 0 Å². The number of benzene rings is 2. The summed E-state index contributed by atoms with van der Waals surface area (Å²) in [5, 5.41) is 7.82. The summed E-state index contributed by atoms with van der Waals surface area (Å²) < 4.78 is 3.09. The number of amides is 2. The largest absolute Gasteiger partial charge is 0.366 e. The maximum Gasteiger partial charge on any atom is 0.297 e. The summed E-state index contributed by atoms with van der Waals surface area (Å²) in [5.74, 6) is -0.713. The van der Waals surface area contributed by atoms with E-state index in [1.165, 1.54) is 10.9 Å². The fourth-order valence-electron chi connectivity index (χ4n) is 4.56. The summed E-state index contributed by atoms with van der Waals surface area (Å²) in [6.07, 6.45) is 5.37. The Morgan fingerprint density at radius 3 is 2.41 bits per heavy atom. The minimum Gasteiger partial charge on any atom is -0.366 e. The van der Waals surface area contributed by atoms with Gasteiger partial charge in [-0.2, -0.15) is 0 Å². The quantitative estimate of drug-likeness (QED) is 0.521. The van der Waals surface area contributed by atoms with Crippen molar-refractivity contribution in [3.05, 3.63) is 70.8 Å². The second-order valence-corrected chi connectivity index (χ2v) is 8.02. The molecule has 162 valence electrons. The Morgan fingerprint density at radius 2 is 1.72 bits per heavy atom. The van der Waals surface area contributed by atoms with Gasteiger partial charge in [-0.05, 0) is 49.2 Å². The van der Waals surface area contributed by atoms with Crippen molar-refractivity contribution in [3.63, 3.8) is 0 Å². The Morgan fingerprint density at radius 1 is 1.03 bits per heavy atom. The van der Waals surface area contributed by atoms with Crippen molar-refractivity contribution in [2.24, 2.45) is 5.73 Å². The molecule has 0 atom stereocenters. The van der Waals surface area contributed by atoms with Crippen LogP contribution in [-0.2, 0) is 11.3 Å². The predicted octanol–water partition coefficient (Wildman–Crippen LogP) is 2.12. The lowest BCUT2D eigenvalue weighted by Gasteiger charge is -2.30. The van der Waals surface area contributed by atoms with Gasteiger partial charge in [0.05, 0.1) is 11.0 Å². The van der Waals surface area contributed by atoms with E-state index in [9.17, 15) is 14.4 Å². The Balaban J connectivity index is 1.58. The zero-order chi connectivity index (χ0) is 22.2. The topological polar surface area (TPSA) is 116 Å². The van der Waals surface area contributed by atoms with Crippen molar-refractivity contribution >= 4 is 34.2 Å². The number of anilines is 1. The first-order valence-electron chi connectivity index (χ1n) is 10.6. The van der Waals surface area contributed by atoms with E-state index in [0.29, 0.717) is 16.8 Å². The molecular formula is C23H22N6O3. The zero-order valence-corrected chi connectivity index (χ0v) is 17.3. The monoisotopic (exact) mass is 430 g/mol. The van der Waals surface area contributed by atoms with Gasteiger partial charge in [0.2, 0.25) is 17.5 Å². The van der Waals surface area contributed by atoms with E-state index in [0.717, 1.165) is 31.2 Å². The average molecular weight is 430 g/mol. The lowest BCUT2D eigenvalue weighted by atomic mass is 10.1. The van der Waals surface area contributed by atoms with Gasteiger partial charge in [0, 0.05) is 17.3 Å². The molecule has 1 aliphatic carbocycles. The molecule has 1 fully saturated rings. The number of primary amides is 1. The molecule has 2 aromatic heterocycles. The van der Waals surface area contributed by atoms with Gasteiger partial charge in [-0.15, -0.1) is 10.2 Å². The molecule has 5 rings (SSSR count). The number of para-hydroxylation sites is 2. The van der Waals surface area contributed by atoms with Crippen LogP contribution in [0.3, 0.4) is 0 Å². The number of fused-ring (bicyclic) bond motifs is 3. The zero-order valence-electron chi connectivity index (χ0n) is 17.3. The maximum atomic E-state index is 13.6. The summed E-state index contributed by atoms with van der Waals surface area (Å²) in [4.78, 5) is 40.0. The van der Waals surface area contributed by atoms with Crippen molar-refractivity contribution in [2.75, 3.05) is 4.90 Å². The van der Waals surface area contributed by atoms with E-state index in [2.05, 4.69) is 10.2 Å². The molecule has 1 saturated carbocycles. The van der Waals surface area contributed by atoms with Crippen LogP contribution in [-0.4, -0.2) is 37.0 Å². The summed E-state index contributed by atoms with van der Waals surface area (Å²) in [6, 6.07) is 14.1. The molecule has 9 nitrogen and oxygen atoms in total. The summed E-state index contributed by atoms with van der Waals surface area (Å²) in [5.41, 5.74) is 7.62. The second-order valence-electron chi connectivity index (χ2n) is 8.02. The van der Waals surface area contributed by atoms with Gasteiger partial charge in [-0.25, -0.2) is 0 Å². The normalized spacial score (nSPS) is 14.2. The number of carbonyl (C=O) groups excluding carboxylic acids is 2. The van der Waals surface area contributed by atoms with E-state index in [4.69, 9.17) is 5.73 Å². The van der Waals surface area contributed by atoms with Crippen LogP contribution >= 0.6 is 0 Å². The SMILES string of the molecule is NC(=O)c1ccc(N(C(=O)Cn2c(=O)c3nncn3c3ccccc32)C2CCCC2)cc1. The van der Waals surface area contributed by atoms with Crippen LogP contribution in [0.25, 0.3) is 16.7 Å². The van der Waals surface area contributed by atoms with E-state index >= 15 is 0 Å². The number of carbonyl (C=O) groups is 2. The molecule has 2 heterocycles. The molecule has 0 saturated heterocycles. The van der Waals surface area contributed by atoms with Crippen LogP contribution in [0.15, 0.2) is 59.7 Å². The van der Waals surface area contributed by atoms with Gasteiger partial charge >= 0.3 is 0 Å². The number of hydrogen-bond acceptors (Lipinski definition) is 5. The van der Waals surface area contributed by atoms with Crippen molar-refractivity contribution in [2.45, 2.75) is 38.3 Å². The fourth-order valence-corrected chi connectivity index (χ4v) is 4.56. The van der Waals surface area contributed by atoms with E-state index in [1.54, 1.807) is 33.6 Å². The summed E-state index contributed by atoms with van der Waals surface area (Å²) >= 11 is 0. The molecule has 0 bridgehead atoms. The molecule has 0 radical (unpaired) electrons. The third kappa shape index (κ3) is 3.31. The lowest BCUT2D eigenvalue weighted by molar-refractivity contribution is -0.119. The van der Waals surface area contributed by atoms with Crippen molar-refractivity contribution in [3.8, 4) is 0 Å². The van der Waals surface area contributed by atoms with Crippen LogP contribution in [0.1, 0.15) is 36.0 Å². The molecule has 0 aliphatic heterocycles. The number of rotatable bonds is 5. The van der Waals surface area contributed by atoms with Crippen molar-refractivity contribution in [1.82, 2.24) is 19.2 Å². The Labute approximate surface area is 183 Å². The minimum atomic E-state index is -0.519. The Bertz CT molecular complexity index is 1380. The molecule has 0 spiro atoms. The van der Waals surface area contributed by atoms with Gasteiger partial charge in [0.25, 0.3) is 5.56 Å². The van der Waals surface area contributed by atoms with Crippen LogP contribution in [0.5, 0.6) is 0 Å². The molecule has 1 aliphatic rings. The fraction of sp³-hybridized carbons (Fsp3) is 0.261. The van der Waals surface area contributed by atoms with Crippen LogP contribution in [0.4, 0.5) is 5.69 Å². The van der Waals surface area contributed by atoms with Crippen molar-refractivity contribution < 1.29 is 9.59 Å². The maximum absolute atomic E-state index is 13.6. The third-order valence-electron chi connectivity index (χ3n) is 6.10. The van der Waals surface area contributed by atoms with Crippen LogP contribution < -0.4 is 16.2 Å². The standard InChI is InChI=1S/C23H22N6O3/c24-21(31)15-9-11-17(12-10-15)29(16-5-1-2-6-16)20(30)13-27-18-7-3-4-8-19(18)28-14-25-26-22(28)23(27)32/h3-4,7-12,14,16H,1-2,5-6,13H2,(H2,24,31). The predicted molar refractivity (Wildman–Crippen MR) is 119 cm³/mol. The highest BCUT2D eigenvalue weighted by Crippen LogP contribution is 2.29. The summed E-state index contributed by atoms with van der Waals surface area (Å²) in [6.45, 7) is -0.128. The lowest BCUT2D eigenvalue weighted by Crippen LogP contribution is -2.42. The molecule has 2 N–H and O–H groups in total. The first-order valence-corrected chi connectivity index (χ1v) is 10.6. The number of hydrogen-bond donors (Lipinski definition) is 1. The van der Waals surface area contributed by atoms with Crippen molar-refractivity contribution in [1.29, 1.82) is 0 Å². The van der Waals surface area contributed by atoms with Gasteiger partial charge in [-0.3, -0.25) is 23.4 Å². The van der Waals surface area contributed by atoms with Gasteiger partial charge < -0.3 is 10.6 Å². The summed E-state index contributed by atoms with van der Waals surface area (Å²) in [7, 11) is 0. The highest BCUT2D eigenvalue weighted by atomic mass is 16.2. The molecule has 4 aromatic rings. The number of aromatic nitrogens is 4. The van der Waals surface area contributed by atoms with Crippen LogP contribution in [0, 0.1) is 0 Å². The third-order valence-corrected chi connectivity index (χ3v) is 6.10. The van der Waals surface area contributed by atoms with E-state index < -0.39 is 5.91 Å². The van der Waals surface area contributed by atoms with E-state index in [-0.39, 0.29) is 29.7 Å². The molecule has 2 amide bonds. The first kappa shape index (κ1) is 19.9. The molecular weight excluding hydrogens is 408 g/mol. The minimum absolute atomic E-state index is 0.0423. The molecule has 32 heavy (non-hydrogen) atoms. The Kier molecular flexibility index (Phi) is 4.93. The van der Waals surface area contributed by atoms with Gasteiger partial charge in [-0.1, -0.05) is 25.0 Å². The highest BCUT2D eigenvalue weighted by Gasteiger charge is 2.29. The van der Waals surface area contributed by atoms with Gasteiger partial charge in [0.1, 0.15) is 12.9 Å². The van der Waals surface area contributed by atoms with Crippen LogP contribution in [0.2, 0.25) is 0 Å². The molecule has 9 heteroatoms.